The van der Waals surface area contributed by atoms with Gasteiger partial charge in [0.15, 0.2) is 0 Å². The molecule has 19 heavy (non-hydrogen) atoms. The summed E-state index contributed by atoms with van der Waals surface area (Å²) in [4.78, 5) is 13.6. The number of imidazole rings is 1. The third kappa shape index (κ3) is 3.42. The molecule has 0 fully saturated rings. The number of carbonyl (C=O) groups is 1. The fourth-order valence-electron chi connectivity index (χ4n) is 1.52. The predicted molar refractivity (Wildman–Crippen MR) is 76.4 cm³/mol. The number of nitrogens with zero attached hydrogens (tertiary/aromatic N) is 2. The Morgan fingerprint density at radius 3 is 2.79 bits per heavy atom. The number of pyridine rings is 1. The number of hydrogen-bond donors (Lipinski definition) is 1. The van der Waals surface area contributed by atoms with Crippen molar-refractivity contribution >= 4 is 23.0 Å². The van der Waals surface area contributed by atoms with Crippen LogP contribution in [0.5, 0.6) is 0 Å². The maximum absolute atomic E-state index is 9.37. The van der Waals surface area contributed by atoms with Crippen molar-refractivity contribution in [2.75, 3.05) is 0 Å². The van der Waals surface area contributed by atoms with Crippen molar-refractivity contribution in [3.8, 4) is 11.1 Å². The molecule has 0 amide bonds. The zero-order valence-electron chi connectivity index (χ0n) is 10.5. The summed E-state index contributed by atoms with van der Waals surface area (Å²) >= 11 is 1.72. The van der Waals surface area contributed by atoms with Gasteiger partial charge >= 0.3 is 5.97 Å². The zero-order chi connectivity index (χ0) is 13.7. The van der Waals surface area contributed by atoms with Crippen molar-refractivity contribution in [3.05, 3.63) is 47.5 Å². The molecule has 98 valence electrons. The lowest BCUT2D eigenvalue weighted by atomic mass is 10.1. The van der Waals surface area contributed by atoms with Gasteiger partial charge in [0.05, 0.1) is 0 Å². The number of carboxylic acid groups (broad SMARTS) is 1. The van der Waals surface area contributed by atoms with E-state index in [0.29, 0.717) is 0 Å². The highest BCUT2D eigenvalue weighted by Gasteiger charge is 1.99. The summed E-state index contributed by atoms with van der Waals surface area (Å²) in [6.07, 6.45) is 6.10. The molecule has 3 aromatic rings. The highest BCUT2D eigenvalue weighted by atomic mass is 32.1. The molecular weight excluding hydrogens is 260 g/mol. The molecule has 0 radical (unpaired) electrons. The van der Waals surface area contributed by atoms with Gasteiger partial charge in [-0.15, -0.1) is 0 Å². The molecule has 0 unspecified atom stereocenters. The minimum atomic E-state index is -0.745. The van der Waals surface area contributed by atoms with E-state index < -0.39 is 5.97 Å². The fourth-order valence-corrected chi connectivity index (χ4v) is 2.18. The van der Waals surface area contributed by atoms with Gasteiger partial charge in [-0.3, -0.25) is 4.79 Å². The lowest BCUT2D eigenvalue weighted by Gasteiger charge is -1.98. The standard InChI is InChI=1S/C11H8N2S.C3H6O2/c1-2-11-12-4-5-13(11)7-9(1)10-3-6-14-8-10;1-2-3(4)5/h1-8H;2H2,1H3,(H,4,5). The molecule has 0 atom stereocenters. The summed E-state index contributed by atoms with van der Waals surface area (Å²) in [5.74, 6) is -0.745. The number of aromatic nitrogens is 2. The van der Waals surface area contributed by atoms with Crippen LogP contribution in [-0.4, -0.2) is 20.5 Å². The van der Waals surface area contributed by atoms with Crippen LogP contribution in [0, 0.1) is 0 Å². The Hall–Kier alpha value is -2.14. The van der Waals surface area contributed by atoms with E-state index >= 15 is 0 Å². The second-order valence-electron chi connectivity index (χ2n) is 3.87. The maximum Gasteiger partial charge on any atom is 0.303 e. The van der Waals surface area contributed by atoms with E-state index in [1.165, 1.54) is 11.1 Å². The smallest absolute Gasteiger partial charge is 0.303 e. The second-order valence-corrected chi connectivity index (χ2v) is 4.65. The Labute approximate surface area is 115 Å². The van der Waals surface area contributed by atoms with E-state index in [0.717, 1.165) is 5.65 Å². The summed E-state index contributed by atoms with van der Waals surface area (Å²) in [5, 5.41) is 12.0. The van der Waals surface area contributed by atoms with Crippen molar-refractivity contribution in [2.45, 2.75) is 13.3 Å². The van der Waals surface area contributed by atoms with Gasteiger partial charge in [-0.05, 0) is 40.1 Å². The molecule has 5 heteroatoms. The molecule has 0 aliphatic rings. The molecule has 1 N–H and O–H groups in total. The quantitative estimate of drug-likeness (QED) is 0.777. The van der Waals surface area contributed by atoms with E-state index in [-0.39, 0.29) is 6.42 Å². The van der Waals surface area contributed by atoms with Gasteiger partial charge in [-0.2, -0.15) is 11.3 Å². The molecule has 0 aliphatic heterocycles. The van der Waals surface area contributed by atoms with Crippen LogP contribution in [0.4, 0.5) is 0 Å². The highest BCUT2D eigenvalue weighted by Crippen LogP contribution is 2.21. The van der Waals surface area contributed by atoms with Crippen LogP contribution in [0.25, 0.3) is 16.8 Å². The molecule has 0 aliphatic carbocycles. The van der Waals surface area contributed by atoms with Crippen molar-refractivity contribution in [2.24, 2.45) is 0 Å². The van der Waals surface area contributed by atoms with Crippen LogP contribution in [-0.2, 0) is 4.79 Å². The minimum Gasteiger partial charge on any atom is -0.481 e. The molecule has 0 spiro atoms. The van der Waals surface area contributed by atoms with E-state index in [1.54, 1.807) is 18.3 Å². The van der Waals surface area contributed by atoms with E-state index in [2.05, 4.69) is 34.1 Å². The molecule has 0 aromatic carbocycles. The molecule has 3 rings (SSSR count). The van der Waals surface area contributed by atoms with Gasteiger partial charge in [-0.25, -0.2) is 4.98 Å². The van der Waals surface area contributed by atoms with Gasteiger partial charge in [0.2, 0.25) is 0 Å². The molecule has 3 aromatic heterocycles. The van der Waals surface area contributed by atoms with Crippen molar-refractivity contribution in [1.82, 2.24) is 9.38 Å². The minimum absolute atomic E-state index is 0.222. The third-order valence-corrected chi connectivity index (χ3v) is 3.23. The first kappa shape index (κ1) is 13.3. The predicted octanol–water partition coefficient (Wildman–Crippen LogP) is 3.54. The van der Waals surface area contributed by atoms with E-state index in [4.69, 9.17) is 5.11 Å². The number of fused-ring (bicyclic) bond motifs is 1. The van der Waals surface area contributed by atoms with Crippen molar-refractivity contribution < 1.29 is 9.90 Å². The zero-order valence-corrected chi connectivity index (χ0v) is 11.3. The average molecular weight is 274 g/mol. The molecule has 0 saturated heterocycles. The van der Waals surface area contributed by atoms with Crippen LogP contribution >= 0.6 is 11.3 Å². The Kier molecular flexibility index (Phi) is 4.30. The lowest BCUT2D eigenvalue weighted by molar-refractivity contribution is -0.136. The Morgan fingerprint density at radius 2 is 2.16 bits per heavy atom. The SMILES string of the molecule is CCC(=O)O.c1cn2cc(-c3ccsc3)ccc2n1. The Morgan fingerprint density at radius 1 is 1.37 bits per heavy atom. The Balaban J connectivity index is 0.000000232. The van der Waals surface area contributed by atoms with Crippen molar-refractivity contribution in [1.29, 1.82) is 0 Å². The number of rotatable bonds is 2. The summed E-state index contributed by atoms with van der Waals surface area (Å²) in [7, 11) is 0. The molecule has 4 nitrogen and oxygen atoms in total. The fraction of sp³-hybridized carbons (Fsp3) is 0.143. The number of carboxylic acids is 1. The largest absolute Gasteiger partial charge is 0.481 e. The van der Waals surface area contributed by atoms with Crippen LogP contribution in [0.3, 0.4) is 0 Å². The van der Waals surface area contributed by atoms with Crippen molar-refractivity contribution in [3.63, 3.8) is 0 Å². The summed E-state index contributed by atoms with van der Waals surface area (Å²) in [6, 6.07) is 6.26. The summed E-state index contributed by atoms with van der Waals surface area (Å²) < 4.78 is 2.03. The third-order valence-electron chi connectivity index (χ3n) is 2.55. The molecular formula is C14H14N2O2S. The average Bonchev–Trinajstić information content (AvgIpc) is 3.09. The second kappa shape index (κ2) is 6.15. The highest BCUT2D eigenvalue weighted by molar-refractivity contribution is 7.08. The van der Waals surface area contributed by atoms with Gasteiger partial charge < -0.3 is 9.51 Å². The molecule has 0 bridgehead atoms. The van der Waals surface area contributed by atoms with Gasteiger partial charge in [0.25, 0.3) is 0 Å². The lowest BCUT2D eigenvalue weighted by Crippen LogP contribution is -1.86. The summed E-state index contributed by atoms with van der Waals surface area (Å²) in [5.41, 5.74) is 3.49. The van der Waals surface area contributed by atoms with Gasteiger partial charge in [-0.1, -0.05) is 6.92 Å². The summed E-state index contributed by atoms with van der Waals surface area (Å²) in [6.45, 7) is 1.60. The first-order chi connectivity index (χ1) is 9.20. The van der Waals surface area contributed by atoms with Crippen LogP contribution < -0.4 is 0 Å². The first-order valence-electron chi connectivity index (χ1n) is 5.87. The Bertz CT molecular complexity index is 659. The first-order valence-corrected chi connectivity index (χ1v) is 6.82. The molecule has 3 heterocycles. The maximum atomic E-state index is 9.37. The molecule has 0 saturated carbocycles. The number of hydrogen-bond acceptors (Lipinski definition) is 3. The normalized spacial score (nSPS) is 9.95. The van der Waals surface area contributed by atoms with E-state index in [1.807, 2.05) is 22.9 Å². The van der Waals surface area contributed by atoms with Gasteiger partial charge in [0, 0.05) is 25.0 Å². The van der Waals surface area contributed by atoms with Crippen LogP contribution in [0.15, 0.2) is 47.5 Å². The van der Waals surface area contributed by atoms with Crippen LogP contribution in [0.1, 0.15) is 13.3 Å². The monoisotopic (exact) mass is 274 g/mol. The number of thiophene rings is 1. The van der Waals surface area contributed by atoms with Gasteiger partial charge in [0.1, 0.15) is 5.65 Å². The topological polar surface area (TPSA) is 54.6 Å². The van der Waals surface area contributed by atoms with E-state index in [9.17, 15) is 4.79 Å². The number of aliphatic carboxylic acids is 1. The van der Waals surface area contributed by atoms with Crippen LogP contribution in [0.2, 0.25) is 0 Å².